The summed E-state index contributed by atoms with van der Waals surface area (Å²) in [6.07, 6.45) is 8.36. The van der Waals surface area contributed by atoms with E-state index < -0.39 is 0 Å². The first kappa shape index (κ1) is 18.5. The summed E-state index contributed by atoms with van der Waals surface area (Å²) in [6.45, 7) is 5.46. The van der Waals surface area contributed by atoms with Gasteiger partial charge in [0.25, 0.3) is 0 Å². The van der Waals surface area contributed by atoms with Crippen molar-refractivity contribution in [1.29, 1.82) is 0 Å². The van der Waals surface area contributed by atoms with Crippen molar-refractivity contribution in [1.82, 2.24) is 15.5 Å². The fourth-order valence-electron chi connectivity index (χ4n) is 2.66. The third-order valence-electron chi connectivity index (χ3n) is 4.30. The Labute approximate surface area is 147 Å². The van der Waals surface area contributed by atoms with Crippen molar-refractivity contribution in [2.45, 2.75) is 69.2 Å². The van der Waals surface area contributed by atoms with Crippen LogP contribution in [0.1, 0.15) is 58.8 Å². The predicted octanol–water partition coefficient (Wildman–Crippen LogP) is 3.93. The molecule has 0 aromatic carbocycles. The number of nitrogens with one attached hydrogen (secondary N) is 2. The first-order valence-electron chi connectivity index (χ1n) is 8.67. The van der Waals surface area contributed by atoms with Gasteiger partial charge in [-0.3, -0.25) is 4.79 Å². The lowest BCUT2D eigenvalue weighted by molar-refractivity contribution is -0.119. The smallest absolute Gasteiger partial charge is 0.230 e. The Bertz CT molecular complexity index is 474. The third kappa shape index (κ3) is 7.08. The second-order valence-corrected chi connectivity index (χ2v) is 8.49. The fraction of sp³-hybridized carbons (Fsp3) is 0.812. The number of aromatic nitrogens is 2. The highest BCUT2D eigenvalue weighted by Gasteiger charge is 2.17. The average Bonchev–Trinajstić information content (AvgIpc) is 3.21. The summed E-state index contributed by atoms with van der Waals surface area (Å²) in [6, 6.07) is 0.389. The molecule has 0 saturated heterocycles. The number of rotatable bonds is 10. The molecule has 0 bridgehead atoms. The Kier molecular flexibility index (Phi) is 8.16. The molecule has 1 atom stereocenters. The summed E-state index contributed by atoms with van der Waals surface area (Å²) in [5, 5.41) is 15.5. The summed E-state index contributed by atoms with van der Waals surface area (Å²) in [5.74, 6) is 1.33. The highest BCUT2D eigenvalue weighted by atomic mass is 32.2. The number of hydrogen-bond acceptors (Lipinski definition) is 6. The minimum Gasteiger partial charge on any atom is -0.360 e. The molecule has 1 aliphatic rings. The van der Waals surface area contributed by atoms with Crippen LogP contribution in [0.4, 0.5) is 5.13 Å². The van der Waals surface area contributed by atoms with Gasteiger partial charge in [0.15, 0.2) is 4.34 Å². The van der Waals surface area contributed by atoms with Gasteiger partial charge in [-0.1, -0.05) is 56.2 Å². The van der Waals surface area contributed by atoms with Crippen LogP contribution < -0.4 is 10.6 Å². The van der Waals surface area contributed by atoms with Crippen LogP contribution in [0.5, 0.6) is 0 Å². The van der Waals surface area contributed by atoms with Gasteiger partial charge in [-0.2, -0.15) is 0 Å². The molecule has 130 valence electrons. The van der Waals surface area contributed by atoms with E-state index in [0.29, 0.717) is 11.8 Å². The maximum absolute atomic E-state index is 11.9. The number of nitrogens with zero attached hydrogens (tertiary/aromatic N) is 2. The van der Waals surface area contributed by atoms with E-state index in [0.717, 1.165) is 41.2 Å². The Morgan fingerprint density at radius 3 is 2.91 bits per heavy atom. The quantitative estimate of drug-likeness (QED) is 0.491. The van der Waals surface area contributed by atoms with Gasteiger partial charge in [0.2, 0.25) is 11.0 Å². The van der Waals surface area contributed by atoms with Crippen LogP contribution in [0.2, 0.25) is 0 Å². The standard InChI is InChI=1S/C16H28N4OS2/c1-3-12(2)7-6-10-17-15-19-20-16(23-15)22-11-14(21)18-13-8-4-5-9-13/h12-13H,3-11H2,1-2H3,(H,17,19)(H,18,21). The molecule has 2 N–H and O–H groups in total. The fourth-order valence-corrected chi connectivity index (χ4v) is 4.24. The SMILES string of the molecule is CCC(C)CCCNc1nnc(SCC(=O)NC2CCCC2)s1. The largest absolute Gasteiger partial charge is 0.360 e. The van der Waals surface area contributed by atoms with Crippen molar-refractivity contribution >= 4 is 34.1 Å². The highest BCUT2D eigenvalue weighted by molar-refractivity contribution is 8.01. The van der Waals surface area contributed by atoms with Gasteiger partial charge in [0, 0.05) is 12.6 Å². The lowest BCUT2D eigenvalue weighted by atomic mass is 10.0. The molecule has 1 unspecified atom stereocenters. The first-order chi connectivity index (χ1) is 11.2. The number of thioether (sulfide) groups is 1. The molecule has 7 heteroatoms. The minimum absolute atomic E-state index is 0.111. The van der Waals surface area contributed by atoms with Crippen LogP contribution in [-0.4, -0.2) is 34.4 Å². The summed E-state index contributed by atoms with van der Waals surface area (Å²) < 4.78 is 0.857. The molecule has 1 fully saturated rings. The highest BCUT2D eigenvalue weighted by Crippen LogP contribution is 2.25. The third-order valence-corrected chi connectivity index (χ3v) is 6.31. The van der Waals surface area contributed by atoms with Crippen LogP contribution in [0, 0.1) is 5.92 Å². The molecule has 0 aliphatic heterocycles. The molecular weight excluding hydrogens is 328 g/mol. The number of carbonyl (C=O) groups excluding carboxylic acids is 1. The summed E-state index contributed by atoms with van der Waals surface area (Å²) in [7, 11) is 0. The molecule has 23 heavy (non-hydrogen) atoms. The molecule has 1 saturated carbocycles. The molecule has 1 aliphatic carbocycles. The lowest BCUT2D eigenvalue weighted by Gasteiger charge is -2.10. The molecule has 1 aromatic heterocycles. The second kappa shape index (κ2) is 10.1. The van der Waals surface area contributed by atoms with Gasteiger partial charge in [0.1, 0.15) is 0 Å². The van der Waals surface area contributed by atoms with E-state index >= 15 is 0 Å². The van der Waals surface area contributed by atoms with Gasteiger partial charge >= 0.3 is 0 Å². The van der Waals surface area contributed by atoms with E-state index in [4.69, 9.17) is 0 Å². The number of amides is 1. The zero-order chi connectivity index (χ0) is 16.5. The normalized spacial score (nSPS) is 16.4. The van der Waals surface area contributed by atoms with Crippen molar-refractivity contribution in [2.24, 2.45) is 5.92 Å². The van der Waals surface area contributed by atoms with Crippen LogP contribution in [0.15, 0.2) is 4.34 Å². The van der Waals surface area contributed by atoms with Crippen LogP contribution in [0.3, 0.4) is 0 Å². The van der Waals surface area contributed by atoms with Crippen LogP contribution in [0.25, 0.3) is 0 Å². The maximum Gasteiger partial charge on any atom is 0.230 e. The summed E-state index contributed by atoms with van der Waals surface area (Å²) in [5.41, 5.74) is 0. The van der Waals surface area contributed by atoms with E-state index in [2.05, 4.69) is 34.7 Å². The minimum atomic E-state index is 0.111. The first-order valence-corrected chi connectivity index (χ1v) is 10.5. The van der Waals surface area contributed by atoms with Crippen molar-refractivity contribution in [3.63, 3.8) is 0 Å². The van der Waals surface area contributed by atoms with Crippen molar-refractivity contribution in [3.8, 4) is 0 Å². The average molecular weight is 357 g/mol. The van der Waals surface area contributed by atoms with Gasteiger partial charge < -0.3 is 10.6 Å². The van der Waals surface area contributed by atoms with Gasteiger partial charge in [-0.05, 0) is 31.6 Å². The molecule has 1 amide bonds. The van der Waals surface area contributed by atoms with Gasteiger partial charge in [-0.15, -0.1) is 10.2 Å². The lowest BCUT2D eigenvalue weighted by Crippen LogP contribution is -2.33. The molecular formula is C16H28N4OS2. The Morgan fingerprint density at radius 2 is 2.17 bits per heavy atom. The molecule has 0 radical (unpaired) electrons. The molecule has 5 nitrogen and oxygen atoms in total. The van der Waals surface area contributed by atoms with E-state index in [-0.39, 0.29) is 5.91 Å². The Balaban J connectivity index is 1.61. The van der Waals surface area contributed by atoms with E-state index in [1.807, 2.05) is 0 Å². The topological polar surface area (TPSA) is 66.9 Å². The second-order valence-electron chi connectivity index (χ2n) is 6.29. The number of anilines is 1. The van der Waals surface area contributed by atoms with Gasteiger partial charge in [-0.25, -0.2) is 0 Å². The molecule has 0 spiro atoms. The number of carbonyl (C=O) groups is 1. The zero-order valence-corrected chi connectivity index (χ0v) is 15.8. The Hall–Kier alpha value is -0.820. The summed E-state index contributed by atoms with van der Waals surface area (Å²) in [4.78, 5) is 11.9. The van der Waals surface area contributed by atoms with Crippen LogP contribution in [-0.2, 0) is 4.79 Å². The van der Waals surface area contributed by atoms with E-state index in [9.17, 15) is 4.79 Å². The van der Waals surface area contributed by atoms with Gasteiger partial charge in [0.05, 0.1) is 5.75 Å². The monoisotopic (exact) mass is 356 g/mol. The maximum atomic E-state index is 11.9. The molecule has 1 heterocycles. The zero-order valence-electron chi connectivity index (χ0n) is 14.1. The predicted molar refractivity (Wildman–Crippen MR) is 98.2 cm³/mol. The summed E-state index contributed by atoms with van der Waals surface area (Å²) >= 11 is 3.01. The van der Waals surface area contributed by atoms with Crippen molar-refractivity contribution < 1.29 is 4.79 Å². The van der Waals surface area contributed by atoms with Crippen molar-refractivity contribution in [2.75, 3.05) is 17.6 Å². The molecule has 1 aromatic rings. The number of hydrogen-bond donors (Lipinski definition) is 2. The molecule has 2 rings (SSSR count). The van der Waals surface area contributed by atoms with E-state index in [1.54, 1.807) is 0 Å². The van der Waals surface area contributed by atoms with Crippen LogP contribution >= 0.6 is 23.1 Å². The van der Waals surface area contributed by atoms with Crippen molar-refractivity contribution in [3.05, 3.63) is 0 Å². The van der Waals surface area contributed by atoms with E-state index in [1.165, 1.54) is 48.8 Å². The Morgan fingerprint density at radius 1 is 1.39 bits per heavy atom.